The second-order valence-corrected chi connectivity index (χ2v) is 7.54. The average molecular weight is 407 g/mol. The Bertz CT molecular complexity index is 994. The minimum Gasteiger partial charge on any atom is -0.309 e. The Morgan fingerprint density at radius 2 is 1.67 bits per heavy atom. The van der Waals surface area contributed by atoms with E-state index in [2.05, 4.69) is 0 Å². The van der Waals surface area contributed by atoms with E-state index in [-0.39, 0.29) is 30.6 Å². The van der Waals surface area contributed by atoms with Crippen LogP contribution >= 0.6 is 0 Å². The lowest BCUT2D eigenvalue weighted by Gasteiger charge is -2.29. The van der Waals surface area contributed by atoms with Crippen LogP contribution in [0.3, 0.4) is 0 Å². The van der Waals surface area contributed by atoms with E-state index in [1.807, 2.05) is 0 Å². The molecule has 0 saturated heterocycles. The van der Waals surface area contributed by atoms with Crippen LogP contribution in [0.5, 0.6) is 0 Å². The van der Waals surface area contributed by atoms with E-state index in [1.54, 1.807) is 41.3 Å². The molecule has 30 heavy (non-hydrogen) atoms. The highest BCUT2D eigenvalue weighted by molar-refractivity contribution is 6.21. The number of non-ortho nitro benzene ring substituents is 1. The zero-order valence-corrected chi connectivity index (χ0v) is 16.3. The maximum atomic E-state index is 13.2. The van der Waals surface area contributed by atoms with Crippen molar-refractivity contribution in [2.24, 2.45) is 0 Å². The van der Waals surface area contributed by atoms with Crippen LogP contribution in [0.2, 0.25) is 0 Å². The Morgan fingerprint density at radius 1 is 1.03 bits per heavy atom. The molecule has 2 aromatic rings. The lowest BCUT2D eigenvalue weighted by molar-refractivity contribution is -0.384. The smallest absolute Gasteiger partial charge is 0.271 e. The summed E-state index contributed by atoms with van der Waals surface area (Å²) in [7, 11) is 0. The molecule has 0 aromatic heterocycles. The molecule has 1 saturated carbocycles. The summed E-state index contributed by atoms with van der Waals surface area (Å²) in [6.07, 6.45) is 3.58. The minimum absolute atomic E-state index is 0.0245. The van der Waals surface area contributed by atoms with Crippen LogP contribution in [0, 0.1) is 10.1 Å². The van der Waals surface area contributed by atoms with Crippen molar-refractivity contribution in [2.75, 3.05) is 11.4 Å². The molecule has 1 heterocycles. The number of nitro benzene ring substituents is 1. The van der Waals surface area contributed by atoms with Crippen molar-refractivity contribution < 1.29 is 19.3 Å². The van der Waals surface area contributed by atoms with Gasteiger partial charge in [0.05, 0.1) is 21.7 Å². The summed E-state index contributed by atoms with van der Waals surface area (Å²) in [6, 6.07) is 12.6. The number of benzene rings is 2. The predicted molar refractivity (Wildman–Crippen MR) is 109 cm³/mol. The number of anilines is 1. The molecule has 0 atom stereocenters. The summed E-state index contributed by atoms with van der Waals surface area (Å²) in [5.74, 6) is -1.05. The number of hydrogen-bond donors (Lipinski definition) is 0. The van der Waals surface area contributed by atoms with Crippen molar-refractivity contribution in [3.8, 4) is 0 Å². The first-order valence-electron chi connectivity index (χ1n) is 9.99. The Hall–Kier alpha value is -3.55. The zero-order valence-electron chi connectivity index (χ0n) is 16.3. The molecule has 8 heteroatoms. The fourth-order valence-electron chi connectivity index (χ4n) is 4.25. The van der Waals surface area contributed by atoms with Crippen LogP contribution in [0.25, 0.3) is 0 Å². The zero-order chi connectivity index (χ0) is 21.3. The summed E-state index contributed by atoms with van der Waals surface area (Å²) in [5.41, 5.74) is 1.09. The van der Waals surface area contributed by atoms with Gasteiger partial charge < -0.3 is 4.90 Å². The molecular weight excluding hydrogens is 386 g/mol. The minimum atomic E-state index is -0.487. The van der Waals surface area contributed by atoms with Gasteiger partial charge in [0.1, 0.15) is 0 Å². The van der Waals surface area contributed by atoms with Gasteiger partial charge in [0.25, 0.3) is 17.5 Å². The van der Waals surface area contributed by atoms with Crippen LogP contribution < -0.4 is 4.90 Å². The molecule has 0 N–H and O–H groups in total. The monoisotopic (exact) mass is 407 g/mol. The summed E-state index contributed by atoms with van der Waals surface area (Å²) in [4.78, 5) is 51.6. The Morgan fingerprint density at radius 3 is 2.27 bits per heavy atom. The van der Waals surface area contributed by atoms with Crippen molar-refractivity contribution in [3.63, 3.8) is 0 Å². The second-order valence-electron chi connectivity index (χ2n) is 7.54. The van der Waals surface area contributed by atoms with Crippen LogP contribution in [-0.2, 0) is 4.79 Å². The van der Waals surface area contributed by atoms with E-state index in [0.717, 1.165) is 30.6 Å². The van der Waals surface area contributed by atoms with Gasteiger partial charge in [0.2, 0.25) is 5.91 Å². The number of carbonyl (C=O) groups excluding carboxylic acids is 3. The van der Waals surface area contributed by atoms with Gasteiger partial charge in [-0.2, -0.15) is 0 Å². The number of nitrogens with zero attached hydrogens (tertiary/aromatic N) is 3. The van der Waals surface area contributed by atoms with Gasteiger partial charge in [-0.3, -0.25) is 29.4 Å². The second kappa shape index (κ2) is 8.06. The molecule has 1 fully saturated rings. The van der Waals surface area contributed by atoms with Gasteiger partial charge in [-0.05, 0) is 31.0 Å². The van der Waals surface area contributed by atoms with Gasteiger partial charge >= 0.3 is 0 Å². The van der Waals surface area contributed by atoms with E-state index >= 15 is 0 Å². The lowest BCUT2D eigenvalue weighted by atomic mass is 10.1. The number of rotatable bonds is 6. The van der Waals surface area contributed by atoms with Crippen molar-refractivity contribution in [1.29, 1.82) is 0 Å². The first kappa shape index (κ1) is 19.8. The van der Waals surface area contributed by atoms with Crippen molar-refractivity contribution in [2.45, 2.75) is 38.1 Å². The first-order chi connectivity index (χ1) is 14.5. The van der Waals surface area contributed by atoms with Crippen molar-refractivity contribution in [3.05, 3.63) is 69.8 Å². The topological polar surface area (TPSA) is 101 Å². The molecule has 0 bridgehead atoms. The fraction of sp³-hybridized carbons (Fsp3) is 0.318. The van der Waals surface area contributed by atoms with Gasteiger partial charge in [-0.25, -0.2) is 0 Å². The molecular formula is C22H21N3O5. The highest BCUT2D eigenvalue weighted by Gasteiger charge is 2.36. The summed E-state index contributed by atoms with van der Waals surface area (Å²) in [6.45, 7) is -0.0245. The highest BCUT2D eigenvalue weighted by Crippen LogP contribution is 2.31. The molecule has 2 aliphatic rings. The van der Waals surface area contributed by atoms with Crippen molar-refractivity contribution in [1.82, 2.24) is 4.90 Å². The fourth-order valence-corrected chi connectivity index (χ4v) is 4.25. The molecule has 4 rings (SSSR count). The molecule has 154 valence electrons. The maximum Gasteiger partial charge on any atom is 0.271 e. The summed E-state index contributed by atoms with van der Waals surface area (Å²) < 4.78 is 0. The number of hydrogen-bond acceptors (Lipinski definition) is 5. The maximum absolute atomic E-state index is 13.2. The van der Waals surface area contributed by atoms with Crippen molar-refractivity contribution >= 4 is 29.1 Å². The lowest BCUT2D eigenvalue weighted by Crippen LogP contribution is -2.41. The highest BCUT2D eigenvalue weighted by atomic mass is 16.6. The number of carbonyl (C=O) groups is 3. The van der Waals surface area contributed by atoms with E-state index in [9.17, 15) is 24.5 Å². The summed E-state index contributed by atoms with van der Waals surface area (Å²) in [5, 5.41) is 11.2. The SMILES string of the molecule is O=C1c2ccccc2C(=O)N1CCC(=O)N(c1cccc([N+](=O)[O-])c1)C1CCCC1. The third kappa shape index (κ3) is 3.56. The molecule has 1 aliphatic carbocycles. The van der Waals surface area contributed by atoms with E-state index < -0.39 is 16.7 Å². The quantitative estimate of drug-likeness (QED) is 0.414. The summed E-state index contributed by atoms with van der Waals surface area (Å²) >= 11 is 0. The molecule has 2 aromatic carbocycles. The number of imide groups is 1. The average Bonchev–Trinajstić information content (AvgIpc) is 3.35. The van der Waals surface area contributed by atoms with Gasteiger partial charge in [-0.1, -0.05) is 31.0 Å². The first-order valence-corrected chi connectivity index (χ1v) is 9.99. The normalized spacial score (nSPS) is 16.1. The Kier molecular flexibility index (Phi) is 5.31. The number of nitro groups is 1. The third-order valence-electron chi connectivity index (χ3n) is 5.70. The molecule has 0 radical (unpaired) electrons. The molecule has 0 spiro atoms. The molecule has 3 amide bonds. The van der Waals surface area contributed by atoms with E-state index in [1.165, 1.54) is 12.1 Å². The van der Waals surface area contributed by atoms with Gasteiger partial charge in [0, 0.05) is 31.1 Å². The van der Waals surface area contributed by atoms with Crippen LogP contribution in [0.1, 0.15) is 52.8 Å². The van der Waals surface area contributed by atoms with Gasteiger partial charge in [0.15, 0.2) is 0 Å². The largest absolute Gasteiger partial charge is 0.309 e. The molecule has 8 nitrogen and oxygen atoms in total. The third-order valence-corrected chi connectivity index (χ3v) is 5.70. The molecule has 1 aliphatic heterocycles. The number of amides is 3. The van der Waals surface area contributed by atoms with Crippen LogP contribution in [0.15, 0.2) is 48.5 Å². The Labute approximate surface area is 173 Å². The number of fused-ring (bicyclic) bond motifs is 1. The standard InChI is InChI=1S/C22H21N3O5/c26-20(12-13-23-21(27)18-10-3-4-11-19(18)22(23)28)24(15-6-1-2-7-15)16-8-5-9-17(14-16)25(29)30/h3-5,8-11,14-15H,1-2,6-7,12-13H2. The Balaban J connectivity index is 1.53. The predicted octanol–water partition coefficient (Wildman–Crippen LogP) is 3.56. The van der Waals surface area contributed by atoms with Gasteiger partial charge in [-0.15, -0.1) is 0 Å². The van der Waals surface area contributed by atoms with E-state index in [4.69, 9.17) is 0 Å². The van der Waals surface area contributed by atoms with Crippen LogP contribution in [-0.4, -0.2) is 40.1 Å². The van der Waals surface area contributed by atoms with E-state index in [0.29, 0.717) is 16.8 Å². The molecule has 0 unspecified atom stereocenters. The van der Waals surface area contributed by atoms with Crippen LogP contribution in [0.4, 0.5) is 11.4 Å².